The van der Waals surface area contributed by atoms with E-state index < -0.39 is 9.05 Å². The molecule has 2 amide bonds. The number of nitrogens with two attached hydrogens (primary N) is 1. The number of benzene rings is 2. The number of aromatic amines is 1. The fraction of sp³-hybridized carbons (Fsp3) is 0.167. The number of ether oxygens (including phenoxy) is 3. The van der Waals surface area contributed by atoms with Gasteiger partial charge in [0.2, 0.25) is 0 Å². The molecule has 0 atom stereocenters. The van der Waals surface area contributed by atoms with Crippen LogP contribution in [-0.2, 0) is 20.4 Å². The first-order valence-corrected chi connectivity index (χ1v) is 13.8. The SMILES string of the molecule is Cl.Nc1c[nH]c2c(C(=O)NCc3ccc4c(c3)NC(=O)CO4)ncnc12.O=S(=O)(Cl)c1ccc2c(c1)OCCO2. The zero-order valence-corrected chi connectivity index (χ0v) is 22.9. The van der Waals surface area contributed by atoms with Gasteiger partial charge in [-0.15, -0.1) is 12.4 Å². The van der Waals surface area contributed by atoms with Crippen LogP contribution in [0.15, 0.2) is 53.8 Å². The first-order valence-electron chi connectivity index (χ1n) is 11.4. The van der Waals surface area contributed by atoms with E-state index in [4.69, 9.17) is 30.6 Å². The van der Waals surface area contributed by atoms with E-state index in [9.17, 15) is 18.0 Å². The fourth-order valence-electron chi connectivity index (χ4n) is 3.81. The Morgan fingerprint density at radius 2 is 1.80 bits per heavy atom. The van der Waals surface area contributed by atoms with Crippen molar-refractivity contribution in [1.82, 2.24) is 20.3 Å². The number of nitrogen functional groups attached to an aromatic ring is 1. The van der Waals surface area contributed by atoms with Crippen LogP contribution in [0.2, 0.25) is 0 Å². The Morgan fingerprint density at radius 3 is 2.58 bits per heavy atom. The van der Waals surface area contributed by atoms with Gasteiger partial charge in [0, 0.05) is 29.5 Å². The maximum Gasteiger partial charge on any atom is 0.272 e. The standard InChI is InChI=1S/C16H14N6O3.C8H7ClO4S.ClH/c17-9-5-18-14-13(9)20-7-21-15(14)16(24)19-4-8-1-2-11-10(3-8)22-12(23)6-25-11;9-14(10,11)6-1-2-7-8(5-6)13-4-3-12-7;/h1-3,5,7,18H,4,6,17H2,(H,19,24)(H,22,23);1-2,5H,3-4H2;1H. The Bertz CT molecular complexity index is 1700. The highest BCUT2D eigenvalue weighted by atomic mass is 35.7. The molecule has 0 aliphatic carbocycles. The maximum absolute atomic E-state index is 12.4. The molecule has 0 radical (unpaired) electrons. The van der Waals surface area contributed by atoms with Gasteiger partial charge < -0.3 is 35.6 Å². The van der Waals surface area contributed by atoms with Crippen molar-refractivity contribution in [3.8, 4) is 17.2 Å². The molecule has 0 spiro atoms. The van der Waals surface area contributed by atoms with Gasteiger partial charge in [-0.1, -0.05) is 6.07 Å². The molecule has 13 nitrogen and oxygen atoms in total. The van der Waals surface area contributed by atoms with Gasteiger partial charge in [-0.3, -0.25) is 9.59 Å². The van der Waals surface area contributed by atoms with E-state index in [0.717, 1.165) is 5.56 Å². The molecule has 2 aliphatic heterocycles. The molecule has 4 heterocycles. The van der Waals surface area contributed by atoms with Gasteiger partial charge >= 0.3 is 0 Å². The molecular formula is C24H22Cl2N6O7S. The Balaban J connectivity index is 0.000000210. The molecule has 5 N–H and O–H groups in total. The molecule has 2 aliphatic rings. The van der Waals surface area contributed by atoms with Crippen molar-refractivity contribution >= 4 is 66.4 Å². The minimum absolute atomic E-state index is 0. The lowest BCUT2D eigenvalue weighted by Gasteiger charge is -2.18. The zero-order chi connectivity index (χ0) is 27.6. The van der Waals surface area contributed by atoms with E-state index in [-0.39, 0.29) is 48.0 Å². The Morgan fingerprint density at radius 1 is 1.05 bits per heavy atom. The van der Waals surface area contributed by atoms with Gasteiger partial charge in [0.15, 0.2) is 23.8 Å². The van der Waals surface area contributed by atoms with E-state index in [1.165, 1.54) is 24.5 Å². The number of nitrogens with one attached hydrogen (secondary N) is 3. The van der Waals surface area contributed by atoms with Crippen molar-refractivity contribution in [2.45, 2.75) is 11.4 Å². The second-order valence-corrected chi connectivity index (χ2v) is 10.8. The summed E-state index contributed by atoms with van der Waals surface area (Å²) >= 11 is 0. The lowest BCUT2D eigenvalue weighted by Crippen LogP contribution is -2.26. The number of amides is 2. The van der Waals surface area contributed by atoms with Crippen LogP contribution in [0.25, 0.3) is 11.0 Å². The maximum atomic E-state index is 12.4. The largest absolute Gasteiger partial charge is 0.486 e. The summed E-state index contributed by atoms with van der Waals surface area (Å²) in [5, 5.41) is 5.52. The number of hydrogen-bond donors (Lipinski definition) is 4. The lowest BCUT2D eigenvalue weighted by atomic mass is 10.1. The molecule has 40 heavy (non-hydrogen) atoms. The first-order chi connectivity index (χ1) is 18.7. The normalized spacial score (nSPS) is 13.5. The van der Waals surface area contributed by atoms with E-state index in [2.05, 4.69) is 25.6 Å². The van der Waals surface area contributed by atoms with Crippen LogP contribution in [0.4, 0.5) is 11.4 Å². The monoisotopic (exact) mass is 608 g/mol. The van der Waals surface area contributed by atoms with Crippen molar-refractivity contribution in [2.75, 3.05) is 30.9 Å². The summed E-state index contributed by atoms with van der Waals surface area (Å²) in [6.07, 6.45) is 2.87. The second-order valence-electron chi connectivity index (χ2n) is 8.28. The molecule has 0 fully saturated rings. The average molecular weight is 609 g/mol. The summed E-state index contributed by atoms with van der Waals surface area (Å²) in [6, 6.07) is 9.61. The number of halogens is 2. The highest BCUT2D eigenvalue weighted by molar-refractivity contribution is 8.13. The molecule has 6 rings (SSSR count). The number of rotatable bonds is 4. The average Bonchev–Trinajstić information content (AvgIpc) is 3.31. The predicted octanol–water partition coefficient (Wildman–Crippen LogP) is 2.61. The Labute approximate surface area is 238 Å². The number of carbonyl (C=O) groups excluding carboxylic acids is 2. The Kier molecular flexibility index (Phi) is 8.52. The van der Waals surface area contributed by atoms with Crippen LogP contribution >= 0.6 is 23.1 Å². The van der Waals surface area contributed by atoms with Crippen LogP contribution in [0, 0.1) is 0 Å². The number of hydrogen-bond acceptors (Lipinski definition) is 10. The molecular weight excluding hydrogens is 587 g/mol. The smallest absolute Gasteiger partial charge is 0.272 e. The number of aromatic nitrogens is 3. The van der Waals surface area contributed by atoms with Crippen molar-refractivity contribution in [3.63, 3.8) is 0 Å². The number of nitrogens with zero attached hydrogens (tertiary/aromatic N) is 2. The molecule has 0 unspecified atom stereocenters. The van der Waals surface area contributed by atoms with Crippen LogP contribution in [0.3, 0.4) is 0 Å². The number of fused-ring (bicyclic) bond motifs is 3. The molecule has 2 aromatic heterocycles. The third-order valence-electron chi connectivity index (χ3n) is 5.63. The summed E-state index contributed by atoms with van der Waals surface area (Å²) in [5.41, 5.74) is 8.86. The molecule has 16 heteroatoms. The number of anilines is 2. The fourth-order valence-corrected chi connectivity index (χ4v) is 4.58. The highest BCUT2D eigenvalue weighted by Crippen LogP contribution is 2.33. The van der Waals surface area contributed by atoms with Crippen LogP contribution in [-0.4, -0.2) is 55.0 Å². The summed E-state index contributed by atoms with van der Waals surface area (Å²) in [6.45, 7) is 1.16. The van der Waals surface area contributed by atoms with Gasteiger partial charge in [-0.2, -0.15) is 0 Å². The lowest BCUT2D eigenvalue weighted by molar-refractivity contribution is -0.118. The summed E-state index contributed by atoms with van der Waals surface area (Å²) in [7, 11) is 1.48. The van der Waals surface area contributed by atoms with Crippen molar-refractivity contribution in [1.29, 1.82) is 0 Å². The quantitative estimate of drug-likeness (QED) is 0.251. The molecule has 0 saturated carbocycles. The molecule has 4 aromatic rings. The predicted molar refractivity (Wildman–Crippen MR) is 148 cm³/mol. The van der Waals surface area contributed by atoms with Gasteiger partial charge in [-0.05, 0) is 29.8 Å². The topological polar surface area (TPSA) is 188 Å². The zero-order valence-electron chi connectivity index (χ0n) is 20.5. The second kappa shape index (κ2) is 11.9. The van der Waals surface area contributed by atoms with Crippen molar-refractivity contribution in [3.05, 3.63) is 60.2 Å². The highest BCUT2D eigenvalue weighted by Gasteiger charge is 2.19. The van der Waals surface area contributed by atoms with Gasteiger partial charge in [0.1, 0.15) is 30.8 Å². The van der Waals surface area contributed by atoms with Crippen LogP contribution in [0.5, 0.6) is 17.2 Å². The van der Waals surface area contributed by atoms with E-state index in [1.54, 1.807) is 18.3 Å². The van der Waals surface area contributed by atoms with E-state index >= 15 is 0 Å². The molecule has 210 valence electrons. The van der Waals surface area contributed by atoms with Crippen molar-refractivity contribution in [2.24, 2.45) is 0 Å². The summed E-state index contributed by atoms with van der Waals surface area (Å²) in [5.74, 6) is 1.00. The third kappa shape index (κ3) is 6.30. The first kappa shape index (κ1) is 28.7. The van der Waals surface area contributed by atoms with Gasteiger partial charge in [0.25, 0.3) is 20.9 Å². The minimum Gasteiger partial charge on any atom is -0.486 e. The number of H-pyrrole nitrogens is 1. The number of carbonyl (C=O) groups is 2. The van der Waals surface area contributed by atoms with Crippen LogP contribution in [0.1, 0.15) is 16.1 Å². The van der Waals surface area contributed by atoms with Crippen molar-refractivity contribution < 1.29 is 32.2 Å². The van der Waals surface area contributed by atoms with Gasteiger partial charge in [-0.25, -0.2) is 18.4 Å². The van der Waals surface area contributed by atoms with Crippen LogP contribution < -0.4 is 30.6 Å². The molecule has 0 bridgehead atoms. The Hall–Kier alpha value is -4.27. The summed E-state index contributed by atoms with van der Waals surface area (Å²) in [4.78, 5) is 34.8. The van der Waals surface area contributed by atoms with Gasteiger partial charge in [0.05, 0.1) is 21.8 Å². The van der Waals surface area contributed by atoms with E-state index in [0.29, 0.717) is 52.9 Å². The minimum atomic E-state index is -3.70. The summed E-state index contributed by atoms with van der Waals surface area (Å²) < 4.78 is 37.7. The molecule has 2 aromatic carbocycles. The van der Waals surface area contributed by atoms with E-state index in [1.807, 2.05) is 6.07 Å². The molecule has 0 saturated heterocycles. The third-order valence-corrected chi connectivity index (χ3v) is 6.98.